The average molecular weight is 164 g/mol. The summed E-state index contributed by atoms with van der Waals surface area (Å²) in [5.74, 6) is -0.817. The molecule has 2 atom stereocenters. The maximum atomic E-state index is 10.2. The Morgan fingerprint density at radius 2 is 2.00 bits per heavy atom. The van der Waals surface area contributed by atoms with Crippen molar-refractivity contribution in [3.63, 3.8) is 0 Å². The predicted molar refractivity (Wildman–Crippen MR) is 34.4 cm³/mol. The van der Waals surface area contributed by atoms with Gasteiger partial charge in [0.05, 0.1) is 6.10 Å². The van der Waals surface area contributed by atoms with E-state index in [-0.39, 0.29) is 32.0 Å². The van der Waals surface area contributed by atoms with Crippen LogP contribution >= 0.6 is 7.60 Å². The van der Waals surface area contributed by atoms with Gasteiger partial charge in [0, 0.05) is 0 Å². The van der Waals surface area contributed by atoms with Crippen LogP contribution in [0.25, 0.3) is 0 Å². The summed E-state index contributed by atoms with van der Waals surface area (Å²) in [4.78, 5) is 16.6. The van der Waals surface area contributed by atoms with Crippen LogP contribution in [0.2, 0.25) is 0 Å². The Labute approximate surface area is 71.9 Å². The second-order valence-corrected chi connectivity index (χ2v) is 3.51. The maximum absolute atomic E-state index is 10.2. The van der Waals surface area contributed by atoms with Crippen molar-refractivity contribution in [1.29, 1.82) is 0 Å². The fourth-order valence-corrected chi connectivity index (χ4v) is 1.42. The summed E-state index contributed by atoms with van der Waals surface area (Å²) >= 11 is 0. The van der Waals surface area contributed by atoms with Gasteiger partial charge < -0.3 is 17.4 Å². The molecule has 52 valence electrons. The third-order valence-electron chi connectivity index (χ3n) is 1.01. The smallest absolute Gasteiger partial charge is 1.00 e. The standard InChI is InChI=1S/C3H7O4P.Mg.2H/c1-2-3(7-2)8(4,5)6;;;/h2-3H,1H3,(H2,4,5,6);;;/q;+2;2*-1/t2-,3+;;;/m0.../s1. The minimum atomic E-state index is -3.90. The minimum absolute atomic E-state index is 0. The number of ether oxygens (including phenoxy) is 1. The Morgan fingerprint density at radius 3 is 2.00 bits per heavy atom. The zero-order valence-electron chi connectivity index (χ0n) is 7.02. The molecular formula is C3H9MgO4P. The summed E-state index contributed by atoms with van der Waals surface area (Å²) in [6.45, 7) is 1.63. The minimum Gasteiger partial charge on any atom is -1.00 e. The molecule has 1 saturated heterocycles. The van der Waals surface area contributed by atoms with E-state index in [1.165, 1.54) is 0 Å². The first-order valence-electron chi connectivity index (χ1n) is 2.22. The van der Waals surface area contributed by atoms with Crippen molar-refractivity contribution in [2.45, 2.75) is 18.9 Å². The molecule has 6 heteroatoms. The summed E-state index contributed by atoms with van der Waals surface area (Å²) in [7, 11) is -3.90. The van der Waals surface area contributed by atoms with Gasteiger partial charge in [-0.1, -0.05) is 0 Å². The van der Waals surface area contributed by atoms with Gasteiger partial charge in [-0.15, -0.1) is 0 Å². The van der Waals surface area contributed by atoms with Crippen LogP contribution in [-0.2, 0) is 9.30 Å². The van der Waals surface area contributed by atoms with Crippen molar-refractivity contribution in [3.05, 3.63) is 0 Å². The molecule has 0 unspecified atom stereocenters. The Kier molecular flexibility index (Phi) is 3.14. The zero-order chi connectivity index (χ0) is 6.36. The van der Waals surface area contributed by atoms with Crippen LogP contribution < -0.4 is 0 Å². The van der Waals surface area contributed by atoms with Crippen LogP contribution in [0, 0.1) is 0 Å². The van der Waals surface area contributed by atoms with Gasteiger partial charge in [-0.3, -0.25) is 4.57 Å². The quantitative estimate of drug-likeness (QED) is 0.319. The van der Waals surface area contributed by atoms with Gasteiger partial charge in [0.2, 0.25) is 0 Å². The van der Waals surface area contributed by atoms with Gasteiger partial charge >= 0.3 is 30.6 Å². The average Bonchev–Trinajstić information content (AvgIpc) is 2.13. The molecule has 4 nitrogen and oxygen atoms in total. The molecule has 2 N–H and O–H groups in total. The van der Waals surface area contributed by atoms with Crippen molar-refractivity contribution < 1.29 is 21.9 Å². The predicted octanol–water partition coefficient (Wildman–Crippen LogP) is -0.247. The number of hydrogen-bond donors (Lipinski definition) is 2. The Morgan fingerprint density at radius 1 is 1.67 bits per heavy atom. The summed E-state index contributed by atoms with van der Waals surface area (Å²) in [6, 6.07) is 0. The number of epoxide rings is 1. The molecule has 0 aliphatic carbocycles. The molecule has 0 saturated carbocycles. The van der Waals surface area contributed by atoms with Gasteiger partial charge in [-0.25, -0.2) is 0 Å². The third kappa shape index (κ3) is 2.53. The molecule has 1 heterocycles. The second-order valence-electron chi connectivity index (χ2n) is 1.82. The molecule has 1 aliphatic rings. The first-order chi connectivity index (χ1) is 3.52. The normalized spacial score (nSPS) is 33.2. The van der Waals surface area contributed by atoms with Crippen molar-refractivity contribution >= 4 is 30.6 Å². The second kappa shape index (κ2) is 2.86. The van der Waals surface area contributed by atoms with E-state index in [1.807, 2.05) is 0 Å². The van der Waals surface area contributed by atoms with E-state index in [1.54, 1.807) is 6.92 Å². The van der Waals surface area contributed by atoms with Gasteiger partial charge in [0.1, 0.15) is 0 Å². The van der Waals surface area contributed by atoms with E-state index in [0.29, 0.717) is 0 Å². The molecule has 0 aromatic heterocycles. The van der Waals surface area contributed by atoms with E-state index in [4.69, 9.17) is 9.79 Å². The van der Waals surface area contributed by atoms with E-state index >= 15 is 0 Å². The van der Waals surface area contributed by atoms with Crippen LogP contribution in [0.15, 0.2) is 0 Å². The van der Waals surface area contributed by atoms with Crippen LogP contribution in [0.4, 0.5) is 0 Å². The molecular weight excluding hydrogens is 155 g/mol. The molecule has 1 fully saturated rings. The SMILES string of the molecule is C[C@@H]1O[C@@H]1P(=O)(O)O.[H-].[H-].[Mg+2]. The third-order valence-corrected chi connectivity index (χ3v) is 2.22. The Hall–Kier alpha value is 0.876. The largest absolute Gasteiger partial charge is 2.00 e. The van der Waals surface area contributed by atoms with E-state index in [0.717, 1.165) is 0 Å². The Bertz CT molecular complexity index is 150. The monoisotopic (exact) mass is 164 g/mol. The maximum Gasteiger partial charge on any atom is 2.00 e. The van der Waals surface area contributed by atoms with Crippen LogP contribution in [-0.4, -0.2) is 44.8 Å². The summed E-state index contributed by atoms with van der Waals surface area (Å²) < 4.78 is 14.7. The number of rotatable bonds is 1. The summed E-state index contributed by atoms with van der Waals surface area (Å²) in [5.41, 5.74) is 0. The van der Waals surface area contributed by atoms with Gasteiger partial charge in [-0.2, -0.15) is 0 Å². The van der Waals surface area contributed by atoms with Gasteiger partial charge in [0.15, 0.2) is 5.85 Å². The van der Waals surface area contributed by atoms with Gasteiger partial charge in [0.25, 0.3) is 0 Å². The first-order valence-corrected chi connectivity index (χ1v) is 3.90. The molecule has 0 aromatic rings. The molecule has 9 heavy (non-hydrogen) atoms. The van der Waals surface area contributed by atoms with Crippen LogP contribution in [0.5, 0.6) is 0 Å². The number of hydrogen-bond acceptors (Lipinski definition) is 2. The summed E-state index contributed by atoms with van der Waals surface area (Å²) in [5, 5.41) is 0. The van der Waals surface area contributed by atoms with Crippen LogP contribution in [0.3, 0.4) is 0 Å². The van der Waals surface area contributed by atoms with E-state index in [9.17, 15) is 4.57 Å². The van der Waals surface area contributed by atoms with Crippen LogP contribution in [0.1, 0.15) is 9.78 Å². The van der Waals surface area contributed by atoms with Gasteiger partial charge in [-0.05, 0) is 6.92 Å². The molecule has 1 rings (SSSR count). The van der Waals surface area contributed by atoms with E-state index < -0.39 is 13.4 Å². The van der Waals surface area contributed by atoms with E-state index in [2.05, 4.69) is 4.74 Å². The van der Waals surface area contributed by atoms with Crippen molar-refractivity contribution in [3.8, 4) is 0 Å². The molecule has 0 radical (unpaired) electrons. The fraction of sp³-hybridized carbons (Fsp3) is 1.00. The fourth-order valence-electron chi connectivity index (χ4n) is 0.527. The first kappa shape index (κ1) is 9.88. The van der Waals surface area contributed by atoms with Crippen molar-refractivity contribution in [2.75, 3.05) is 0 Å². The topological polar surface area (TPSA) is 70.1 Å². The molecule has 0 bridgehead atoms. The molecule has 0 aromatic carbocycles. The zero-order valence-corrected chi connectivity index (χ0v) is 7.33. The van der Waals surface area contributed by atoms with Crippen molar-refractivity contribution in [1.82, 2.24) is 0 Å². The van der Waals surface area contributed by atoms with Crippen molar-refractivity contribution in [2.24, 2.45) is 0 Å². The molecule has 0 amide bonds. The molecule has 1 aliphatic heterocycles. The molecule has 0 spiro atoms. The Balaban J connectivity index is -0.000000213. The summed E-state index contributed by atoms with van der Waals surface area (Å²) in [6.07, 6.45) is -0.254.